The number of piperazine rings is 1. The van der Waals surface area contributed by atoms with Gasteiger partial charge in [0, 0.05) is 57.2 Å². The van der Waals surface area contributed by atoms with Crippen LogP contribution in [0.15, 0.2) is 67.0 Å². The van der Waals surface area contributed by atoms with Gasteiger partial charge in [-0.15, -0.1) is 0 Å². The summed E-state index contributed by atoms with van der Waals surface area (Å²) >= 11 is 0. The number of aromatic nitrogens is 2. The van der Waals surface area contributed by atoms with E-state index in [2.05, 4.69) is 39.3 Å². The first kappa shape index (κ1) is 19.2. The molecule has 150 valence electrons. The average Bonchev–Trinajstić information content (AvgIpc) is 3.22. The van der Waals surface area contributed by atoms with Gasteiger partial charge in [-0.1, -0.05) is 36.4 Å². The van der Waals surface area contributed by atoms with Crippen molar-refractivity contribution in [3.05, 3.63) is 83.8 Å². The van der Waals surface area contributed by atoms with Crippen molar-refractivity contribution >= 4 is 11.7 Å². The molecule has 0 saturated carbocycles. The molecule has 4 rings (SSSR count). The monoisotopic (exact) mass is 389 g/mol. The Balaban J connectivity index is 1.43. The number of anilines is 1. The first-order chi connectivity index (χ1) is 14.2. The van der Waals surface area contributed by atoms with Crippen LogP contribution in [-0.4, -0.2) is 53.6 Å². The van der Waals surface area contributed by atoms with Gasteiger partial charge >= 0.3 is 0 Å². The molecule has 0 unspecified atom stereocenters. The molecule has 0 radical (unpaired) electrons. The fraction of sp³-hybridized carbons (Fsp3) is 0.304. The van der Waals surface area contributed by atoms with Gasteiger partial charge in [0.2, 0.25) is 0 Å². The van der Waals surface area contributed by atoms with Crippen LogP contribution in [0.25, 0.3) is 0 Å². The smallest absolute Gasteiger partial charge is 0.268 e. The maximum absolute atomic E-state index is 12.8. The largest absolute Gasteiger partial charge is 0.354 e. The van der Waals surface area contributed by atoms with Crippen molar-refractivity contribution in [2.75, 3.05) is 38.1 Å². The summed E-state index contributed by atoms with van der Waals surface area (Å²) in [5.41, 5.74) is 2.88. The molecule has 0 atom stereocenters. The lowest BCUT2D eigenvalue weighted by atomic mass is 10.2. The second kappa shape index (κ2) is 8.92. The Morgan fingerprint density at radius 3 is 2.59 bits per heavy atom. The van der Waals surface area contributed by atoms with E-state index in [9.17, 15) is 4.79 Å². The number of hydrogen-bond donors (Lipinski definition) is 1. The fourth-order valence-corrected chi connectivity index (χ4v) is 3.68. The van der Waals surface area contributed by atoms with Crippen molar-refractivity contribution in [1.82, 2.24) is 19.8 Å². The number of likely N-dealkylation sites (N-methyl/N-ethyl adjacent to an activating group) is 1. The lowest BCUT2D eigenvalue weighted by Gasteiger charge is -2.34. The van der Waals surface area contributed by atoms with Gasteiger partial charge in [-0.3, -0.25) is 4.79 Å². The lowest BCUT2D eigenvalue weighted by molar-refractivity contribution is 0.0942. The SMILES string of the molecule is CN1CCN(c2ncccc2CNC(=O)c2cccn2Cc2ccccc2)CC1. The Morgan fingerprint density at radius 1 is 1.00 bits per heavy atom. The molecule has 3 heterocycles. The van der Waals surface area contributed by atoms with Crippen LogP contribution < -0.4 is 10.2 Å². The van der Waals surface area contributed by atoms with Crippen LogP contribution in [-0.2, 0) is 13.1 Å². The van der Waals surface area contributed by atoms with E-state index in [0.29, 0.717) is 18.8 Å². The molecule has 1 aliphatic rings. The van der Waals surface area contributed by atoms with Crippen molar-refractivity contribution in [3.8, 4) is 0 Å². The number of carbonyl (C=O) groups excluding carboxylic acids is 1. The van der Waals surface area contributed by atoms with Crippen molar-refractivity contribution in [3.63, 3.8) is 0 Å². The molecule has 0 spiro atoms. The average molecular weight is 390 g/mol. The van der Waals surface area contributed by atoms with Gasteiger partial charge < -0.3 is 19.7 Å². The zero-order valence-electron chi connectivity index (χ0n) is 16.8. The summed E-state index contributed by atoms with van der Waals surface area (Å²) in [6, 6.07) is 17.9. The molecule has 3 aromatic rings. The number of nitrogens with zero attached hydrogens (tertiary/aromatic N) is 4. The topological polar surface area (TPSA) is 53.4 Å². The highest BCUT2D eigenvalue weighted by molar-refractivity contribution is 5.92. The summed E-state index contributed by atoms with van der Waals surface area (Å²) in [6.45, 7) is 5.09. The highest BCUT2D eigenvalue weighted by Crippen LogP contribution is 2.19. The lowest BCUT2D eigenvalue weighted by Crippen LogP contribution is -2.45. The number of hydrogen-bond acceptors (Lipinski definition) is 4. The molecular weight excluding hydrogens is 362 g/mol. The van der Waals surface area contributed by atoms with E-state index in [1.165, 1.54) is 5.56 Å². The van der Waals surface area contributed by atoms with Crippen LogP contribution in [0.3, 0.4) is 0 Å². The molecule has 1 aromatic carbocycles. The maximum atomic E-state index is 12.8. The Labute approximate surface area is 171 Å². The van der Waals surface area contributed by atoms with Crippen molar-refractivity contribution < 1.29 is 4.79 Å². The predicted molar refractivity (Wildman–Crippen MR) is 115 cm³/mol. The molecule has 1 aliphatic heterocycles. The van der Waals surface area contributed by atoms with E-state index in [1.54, 1.807) is 0 Å². The zero-order chi connectivity index (χ0) is 20.1. The summed E-state index contributed by atoms with van der Waals surface area (Å²) in [5, 5.41) is 3.08. The second-order valence-electron chi connectivity index (χ2n) is 7.47. The van der Waals surface area contributed by atoms with E-state index in [1.807, 2.05) is 59.4 Å². The minimum atomic E-state index is -0.0703. The van der Waals surface area contributed by atoms with E-state index in [-0.39, 0.29) is 5.91 Å². The molecule has 29 heavy (non-hydrogen) atoms. The molecule has 6 heteroatoms. The summed E-state index contributed by atoms with van der Waals surface area (Å²) in [7, 11) is 2.14. The molecule has 1 amide bonds. The molecule has 1 saturated heterocycles. The van der Waals surface area contributed by atoms with Crippen LogP contribution >= 0.6 is 0 Å². The van der Waals surface area contributed by atoms with Crippen molar-refractivity contribution in [1.29, 1.82) is 0 Å². The van der Waals surface area contributed by atoms with E-state index in [4.69, 9.17) is 0 Å². The highest BCUT2D eigenvalue weighted by Gasteiger charge is 2.18. The Bertz CT molecular complexity index is 945. The minimum Gasteiger partial charge on any atom is -0.354 e. The Kier molecular flexibility index (Phi) is 5.91. The summed E-state index contributed by atoms with van der Waals surface area (Å²) in [6.07, 6.45) is 3.77. The molecule has 2 aromatic heterocycles. The molecule has 0 aliphatic carbocycles. The van der Waals surface area contributed by atoms with Gasteiger partial charge in [-0.05, 0) is 30.8 Å². The molecular formula is C23H27N5O. The van der Waals surface area contributed by atoms with Crippen LogP contribution in [0.4, 0.5) is 5.82 Å². The van der Waals surface area contributed by atoms with E-state index in [0.717, 1.165) is 37.6 Å². The first-order valence-corrected chi connectivity index (χ1v) is 10.1. The quantitative estimate of drug-likeness (QED) is 0.704. The first-order valence-electron chi connectivity index (χ1n) is 10.1. The third-order valence-corrected chi connectivity index (χ3v) is 5.37. The van der Waals surface area contributed by atoms with Gasteiger partial charge in [0.05, 0.1) is 0 Å². The van der Waals surface area contributed by atoms with Gasteiger partial charge in [-0.2, -0.15) is 0 Å². The van der Waals surface area contributed by atoms with Gasteiger partial charge in [0.1, 0.15) is 11.5 Å². The molecule has 1 fully saturated rings. The van der Waals surface area contributed by atoms with Crippen LogP contribution in [0.1, 0.15) is 21.6 Å². The number of rotatable bonds is 6. The maximum Gasteiger partial charge on any atom is 0.268 e. The number of amides is 1. The van der Waals surface area contributed by atoms with Crippen molar-refractivity contribution in [2.24, 2.45) is 0 Å². The fourth-order valence-electron chi connectivity index (χ4n) is 3.68. The molecule has 0 bridgehead atoms. The second-order valence-corrected chi connectivity index (χ2v) is 7.47. The highest BCUT2D eigenvalue weighted by atomic mass is 16.1. The standard InChI is InChI=1S/C23H27N5O/c1-26-13-15-27(16-14-26)22-20(9-5-11-24-22)17-25-23(29)21-10-6-12-28(21)18-19-7-3-2-4-8-19/h2-12H,13-18H2,1H3,(H,25,29). The summed E-state index contributed by atoms with van der Waals surface area (Å²) < 4.78 is 1.98. The summed E-state index contributed by atoms with van der Waals surface area (Å²) in [4.78, 5) is 22.1. The van der Waals surface area contributed by atoms with Crippen molar-refractivity contribution in [2.45, 2.75) is 13.1 Å². The number of nitrogens with one attached hydrogen (secondary N) is 1. The number of pyridine rings is 1. The predicted octanol–water partition coefficient (Wildman–Crippen LogP) is 2.61. The zero-order valence-corrected chi connectivity index (χ0v) is 16.8. The number of carbonyl (C=O) groups is 1. The van der Waals surface area contributed by atoms with Gasteiger partial charge in [0.25, 0.3) is 5.91 Å². The van der Waals surface area contributed by atoms with Gasteiger partial charge in [0.15, 0.2) is 0 Å². The number of benzene rings is 1. The van der Waals surface area contributed by atoms with Crippen LogP contribution in [0.2, 0.25) is 0 Å². The normalized spacial score (nSPS) is 14.7. The van der Waals surface area contributed by atoms with E-state index < -0.39 is 0 Å². The third kappa shape index (κ3) is 4.66. The van der Waals surface area contributed by atoms with Gasteiger partial charge in [-0.25, -0.2) is 4.98 Å². The van der Waals surface area contributed by atoms with E-state index >= 15 is 0 Å². The molecule has 6 nitrogen and oxygen atoms in total. The molecule has 1 N–H and O–H groups in total. The minimum absolute atomic E-state index is 0.0703. The third-order valence-electron chi connectivity index (χ3n) is 5.37. The Morgan fingerprint density at radius 2 is 1.79 bits per heavy atom. The Hall–Kier alpha value is -3.12. The summed E-state index contributed by atoms with van der Waals surface area (Å²) in [5.74, 6) is 0.902. The van der Waals surface area contributed by atoms with Crippen LogP contribution in [0, 0.1) is 0 Å². The van der Waals surface area contributed by atoms with Crippen LogP contribution in [0.5, 0.6) is 0 Å².